The Hall–Kier alpha value is -1.02. The van der Waals surface area contributed by atoms with Gasteiger partial charge in [0.15, 0.2) is 0 Å². The fraction of sp³-hybridized carbons (Fsp3) is 0.500. The summed E-state index contributed by atoms with van der Waals surface area (Å²) >= 11 is 3.12. The number of aromatic nitrogens is 2. The summed E-state index contributed by atoms with van der Waals surface area (Å²) in [7, 11) is 0. The van der Waals surface area contributed by atoms with Crippen molar-refractivity contribution in [2.75, 3.05) is 30.3 Å². The van der Waals surface area contributed by atoms with E-state index < -0.39 is 13.0 Å². The van der Waals surface area contributed by atoms with Crippen molar-refractivity contribution in [2.24, 2.45) is 0 Å². The third-order valence-corrected chi connectivity index (χ3v) is 2.59. The summed E-state index contributed by atoms with van der Waals surface area (Å²) in [4.78, 5) is 8.80. The van der Waals surface area contributed by atoms with Gasteiger partial charge in [0, 0.05) is 6.54 Å². The highest BCUT2D eigenvalue weighted by molar-refractivity contribution is 9.10. The lowest BCUT2D eigenvalue weighted by Gasteiger charge is -2.23. The first-order chi connectivity index (χ1) is 7.56. The van der Waals surface area contributed by atoms with Gasteiger partial charge in [-0.25, -0.2) is 18.7 Å². The van der Waals surface area contributed by atoms with Gasteiger partial charge in [0.1, 0.15) is 22.4 Å². The number of aliphatic hydroxyl groups excluding tert-OH is 1. The molecule has 0 aliphatic rings. The van der Waals surface area contributed by atoms with Crippen LogP contribution in [0.1, 0.15) is 0 Å². The van der Waals surface area contributed by atoms with Crippen LogP contribution in [-0.4, -0.2) is 41.2 Å². The van der Waals surface area contributed by atoms with Gasteiger partial charge in [0.2, 0.25) is 0 Å². The van der Waals surface area contributed by atoms with E-state index >= 15 is 0 Å². The molecule has 0 saturated carbocycles. The number of hydrogen-bond donors (Lipinski definition) is 2. The molecule has 0 amide bonds. The molecule has 90 valence electrons. The van der Waals surface area contributed by atoms with Crippen molar-refractivity contribution in [3.8, 4) is 0 Å². The van der Waals surface area contributed by atoms with Crippen molar-refractivity contribution in [3.63, 3.8) is 0 Å². The minimum absolute atomic E-state index is 0.0550. The fourth-order valence-electron chi connectivity index (χ4n) is 1.17. The van der Waals surface area contributed by atoms with Crippen LogP contribution in [0, 0.1) is 0 Å². The molecule has 0 fully saturated rings. The maximum absolute atomic E-state index is 12.3. The summed E-state index contributed by atoms with van der Waals surface area (Å²) in [6.45, 7) is -0.710. The number of alkyl halides is 2. The number of anilines is 2. The van der Waals surface area contributed by atoms with Gasteiger partial charge in [-0.1, -0.05) is 0 Å². The van der Waals surface area contributed by atoms with Crippen molar-refractivity contribution >= 4 is 27.6 Å². The second kappa shape index (κ2) is 5.90. The van der Waals surface area contributed by atoms with Crippen LogP contribution in [0.15, 0.2) is 10.8 Å². The fourth-order valence-corrected chi connectivity index (χ4v) is 1.62. The van der Waals surface area contributed by atoms with Crippen LogP contribution in [0.2, 0.25) is 0 Å². The lowest BCUT2D eigenvalue weighted by atomic mass is 10.4. The van der Waals surface area contributed by atoms with E-state index in [1.165, 1.54) is 11.2 Å². The molecule has 0 aliphatic heterocycles. The molecule has 1 rings (SSSR count). The van der Waals surface area contributed by atoms with Crippen molar-refractivity contribution in [2.45, 2.75) is 6.43 Å². The number of nitrogens with zero attached hydrogens (tertiary/aromatic N) is 3. The molecular formula is C8H11BrF2N4O. The van der Waals surface area contributed by atoms with E-state index in [4.69, 9.17) is 10.8 Å². The van der Waals surface area contributed by atoms with Crippen LogP contribution in [0.25, 0.3) is 0 Å². The maximum atomic E-state index is 12.3. The van der Waals surface area contributed by atoms with E-state index in [1.807, 2.05) is 0 Å². The minimum Gasteiger partial charge on any atom is -0.395 e. The van der Waals surface area contributed by atoms with Crippen LogP contribution >= 0.6 is 15.9 Å². The minimum atomic E-state index is -2.52. The highest BCUT2D eigenvalue weighted by atomic mass is 79.9. The smallest absolute Gasteiger partial charge is 0.255 e. The van der Waals surface area contributed by atoms with Gasteiger partial charge >= 0.3 is 0 Å². The van der Waals surface area contributed by atoms with Crippen LogP contribution in [0.3, 0.4) is 0 Å². The summed E-state index contributed by atoms with van der Waals surface area (Å²) in [6.07, 6.45) is -1.33. The van der Waals surface area contributed by atoms with Gasteiger partial charge in [0.25, 0.3) is 6.43 Å². The van der Waals surface area contributed by atoms with Crippen molar-refractivity contribution in [1.29, 1.82) is 0 Å². The zero-order valence-corrected chi connectivity index (χ0v) is 9.86. The zero-order valence-electron chi connectivity index (χ0n) is 8.28. The number of nitrogens with two attached hydrogens (primary N) is 1. The summed E-state index contributed by atoms with van der Waals surface area (Å²) < 4.78 is 25.0. The summed E-state index contributed by atoms with van der Waals surface area (Å²) in [5.41, 5.74) is 5.51. The largest absolute Gasteiger partial charge is 0.395 e. The molecule has 0 aromatic carbocycles. The Morgan fingerprint density at radius 3 is 2.75 bits per heavy atom. The van der Waals surface area contributed by atoms with Crippen LogP contribution in [0.4, 0.5) is 20.4 Å². The van der Waals surface area contributed by atoms with Crippen molar-refractivity contribution < 1.29 is 13.9 Å². The van der Waals surface area contributed by atoms with Gasteiger partial charge in [-0.3, -0.25) is 0 Å². The first-order valence-corrected chi connectivity index (χ1v) is 5.25. The highest BCUT2D eigenvalue weighted by Crippen LogP contribution is 2.27. The van der Waals surface area contributed by atoms with Crippen molar-refractivity contribution in [1.82, 2.24) is 9.97 Å². The van der Waals surface area contributed by atoms with Gasteiger partial charge in [0.05, 0.1) is 13.2 Å². The van der Waals surface area contributed by atoms with Crippen LogP contribution in [-0.2, 0) is 0 Å². The Morgan fingerprint density at radius 2 is 2.19 bits per heavy atom. The Kier molecular flexibility index (Phi) is 4.81. The molecule has 0 atom stereocenters. The summed E-state index contributed by atoms with van der Waals surface area (Å²) in [5.74, 6) is 0.420. The molecule has 0 unspecified atom stereocenters. The van der Waals surface area contributed by atoms with Gasteiger partial charge in [-0.05, 0) is 15.9 Å². The Bertz CT molecular complexity index is 353. The van der Waals surface area contributed by atoms with E-state index in [1.54, 1.807) is 0 Å². The molecule has 0 saturated heterocycles. The molecule has 0 radical (unpaired) electrons. The molecule has 1 aromatic heterocycles. The molecule has 1 aromatic rings. The van der Waals surface area contributed by atoms with E-state index in [-0.39, 0.29) is 24.8 Å². The van der Waals surface area contributed by atoms with E-state index in [9.17, 15) is 8.78 Å². The van der Waals surface area contributed by atoms with Crippen molar-refractivity contribution in [3.05, 3.63) is 10.8 Å². The molecule has 5 nitrogen and oxygen atoms in total. The average molecular weight is 297 g/mol. The first-order valence-electron chi connectivity index (χ1n) is 4.46. The molecule has 0 spiro atoms. The topological polar surface area (TPSA) is 75.3 Å². The normalized spacial score (nSPS) is 10.8. The molecule has 0 bridgehead atoms. The van der Waals surface area contributed by atoms with Crippen LogP contribution < -0.4 is 10.6 Å². The van der Waals surface area contributed by atoms with Gasteiger partial charge in [-0.2, -0.15) is 0 Å². The van der Waals surface area contributed by atoms with E-state index in [0.717, 1.165) is 0 Å². The monoisotopic (exact) mass is 296 g/mol. The van der Waals surface area contributed by atoms with Gasteiger partial charge < -0.3 is 15.7 Å². The standard InChI is InChI=1S/C8H11BrF2N4O/c9-6-7(12)13-4-14-8(6)15(1-2-16)3-5(10)11/h4-5,16H,1-3H2,(H2,12,13,14). The molecular weight excluding hydrogens is 286 g/mol. The quantitative estimate of drug-likeness (QED) is 0.844. The first kappa shape index (κ1) is 13.0. The maximum Gasteiger partial charge on any atom is 0.255 e. The Balaban J connectivity index is 2.96. The second-order valence-corrected chi connectivity index (χ2v) is 3.75. The number of halogens is 3. The van der Waals surface area contributed by atoms with Crippen LogP contribution in [0.5, 0.6) is 0 Å². The van der Waals surface area contributed by atoms with Gasteiger partial charge in [-0.15, -0.1) is 0 Å². The lowest BCUT2D eigenvalue weighted by Crippen LogP contribution is -2.32. The second-order valence-electron chi connectivity index (χ2n) is 2.96. The predicted octanol–water partition coefficient (Wildman–Crippen LogP) is 0.885. The molecule has 8 heteroatoms. The highest BCUT2D eigenvalue weighted by Gasteiger charge is 2.17. The molecule has 0 aliphatic carbocycles. The summed E-state index contributed by atoms with van der Waals surface area (Å²) in [5, 5.41) is 8.79. The Labute approximate surface area is 99.4 Å². The van der Waals surface area contributed by atoms with E-state index in [2.05, 4.69) is 25.9 Å². The number of rotatable bonds is 5. The molecule has 3 N–H and O–H groups in total. The Morgan fingerprint density at radius 1 is 1.50 bits per heavy atom. The number of hydrogen-bond acceptors (Lipinski definition) is 5. The molecule has 1 heterocycles. The zero-order chi connectivity index (χ0) is 12.1. The number of aliphatic hydroxyl groups is 1. The SMILES string of the molecule is Nc1ncnc(N(CCO)CC(F)F)c1Br. The average Bonchev–Trinajstić information content (AvgIpc) is 2.21. The molecule has 16 heavy (non-hydrogen) atoms. The third-order valence-electron chi connectivity index (χ3n) is 1.83. The third kappa shape index (κ3) is 3.24. The summed E-state index contributed by atoms with van der Waals surface area (Å²) in [6, 6.07) is 0. The predicted molar refractivity (Wildman–Crippen MR) is 59.4 cm³/mol. The number of nitrogen functional groups attached to an aromatic ring is 1. The van der Waals surface area contributed by atoms with E-state index in [0.29, 0.717) is 4.47 Å². The lowest BCUT2D eigenvalue weighted by molar-refractivity contribution is 0.152.